The smallest absolute Gasteiger partial charge is 0.253 e. The Labute approximate surface area is 106 Å². The highest BCUT2D eigenvalue weighted by Crippen LogP contribution is 2.16. The molecule has 5 heteroatoms. The molecule has 0 aliphatic heterocycles. The molecular weight excluding hydrogens is 235 g/mol. The second-order valence-corrected chi connectivity index (χ2v) is 4.09. The van der Waals surface area contributed by atoms with E-state index in [-0.39, 0.29) is 11.6 Å². The maximum Gasteiger partial charge on any atom is 0.253 e. The van der Waals surface area contributed by atoms with E-state index in [1.807, 2.05) is 0 Å². The highest BCUT2D eigenvalue weighted by atomic mass is 19.1. The third-order valence-corrected chi connectivity index (χ3v) is 2.50. The van der Waals surface area contributed by atoms with Crippen LogP contribution in [0.3, 0.4) is 0 Å². The SMILES string of the molecule is CCCCOC(C)C(=O)Nc1ccc(F)c(N)c1. The number of anilines is 2. The summed E-state index contributed by atoms with van der Waals surface area (Å²) in [5, 5.41) is 2.63. The summed E-state index contributed by atoms with van der Waals surface area (Å²) < 4.78 is 18.3. The summed E-state index contributed by atoms with van der Waals surface area (Å²) in [6.07, 6.45) is 1.40. The van der Waals surface area contributed by atoms with E-state index in [4.69, 9.17) is 10.5 Å². The van der Waals surface area contributed by atoms with E-state index < -0.39 is 11.9 Å². The number of halogens is 1. The fourth-order valence-electron chi connectivity index (χ4n) is 1.35. The highest BCUT2D eigenvalue weighted by Gasteiger charge is 2.13. The summed E-state index contributed by atoms with van der Waals surface area (Å²) in [6.45, 7) is 4.28. The topological polar surface area (TPSA) is 64.3 Å². The van der Waals surface area contributed by atoms with Crippen LogP contribution in [0.1, 0.15) is 26.7 Å². The first-order chi connectivity index (χ1) is 8.54. The molecule has 0 saturated heterocycles. The molecule has 3 N–H and O–H groups in total. The largest absolute Gasteiger partial charge is 0.396 e. The number of rotatable bonds is 6. The lowest BCUT2D eigenvalue weighted by Gasteiger charge is -2.13. The fraction of sp³-hybridized carbons (Fsp3) is 0.462. The first-order valence-corrected chi connectivity index (χ1v) is 6.02. The number of nitrogen functional groups attached to an aromatic ring is 1. The van der Waals surface area contributed by atoms with Gasteiger partial charge in [-0.25, -0.2) is 4.39 Å². The molecule has 0 aliphatic rings. The molecule has 1 rings (SSSR count). The van der Waals surface area contributed by atoms with Crippen molar-refractivity contribution in [2.45, 2.75) is 32.8 Å². The van der Waals surface area contributed by atoms with Crippen LogP contribution in [0.4, 0.5) is 15.8 Å². The zero-order valence-corrected chi connectivity index (χ0v) is 10.7. The Bertz CT molecular complexity index is 410. The average Bonchev–Trinajstić information content (AvgIpc) is 2.34. The first kappa shape index (κ1) is 14.4. The molecule has 0 spiro atoms. The molecule has 1 aromatic carbocycles. The molecule has 18 heavy (non-hydrogen) atoms. The molecule has 0 bridgehead atoms. The van der Waals surface area contributed by atoms with Gasteiger partial charge in [0.15, 0.2) is 0 Å². The number of amides is 1. The Morgan fingerprint density at radius 1 is 1.56 bits per heavy atom. The molecule has 1 amide bonds. The van der Waals surface area contributed by atoms with Crippen LogP contribution in [0.5, 0.6) is 0 Å². The predicted molar refractivity (Wildman–Crippen MR) is 69.8 cm³/mol. The van der Waals surface area contributed by atoms with E-state index in [2.05, 4.69) is 12.2 Å². The van der Waals surface area contributed by atoms with Gasteiger partial charge in [0.2, 0.25) is 0 Å². The van der Waals surface area contributed by atoms with Gasteiger partial charge in [-0.3, -0.25) is 4.79 Å². The molecule has 1 unspecified atom stereocenters. The van der Waals surface area contributed by atoms with Crippen molar-refractivity contribution in [3.63, 3.8) is 0 Å². The summed E-state index contributed by atoms with van der Waals surface area (Å²) in [4.78, 5) is 11.7. The van der Waals surface area contributed by atoms with Crippen molar-refractivity contribution < 1.29 is 13.9 Å². The van der Waals surface area contributed by atoms with E-state index in [1.165, 1.54) is 18.2 Å². The van der Waals surface area contributed by atoms with Crippen molar-refractivity contribution in [3.8, 4) is 0 Å². The Balaban J connectivity index is 2.50. The number of carbonyl (C=O) groups is 1. The lowest BCUT2D eigenvalue weighted by atomic mass is 10.2. The minimum Gasteiger partial charge on any atom is -0.396 e. The summed E-state index contributed by atoms with van der Waals surface area (Å²) in [5.74, 6) is -0.766. The Morgan fingerprint density at radius 3 is 2.89 bits per heavy atom. The number of hydrogen-bond acceptors (Lipinski definition) is 3. The predicted octanol–water partition coefficient (Wildman–Crippen LogP) is 2.55. The van der Waals surface area contributed by atoms with E-state index in [0.717, 1.165) is 12.8 Å². The number of unbranched alkanes of at least 4 members (excludes halogenated alkanes) is 1. The number of ether oxygens (including phenoxy) is 1. The van der Waals surface area contributed by atoms with Crippen molar-refractivity contribution in [1.82, 2.24) is 0 Å². The number of benzene rings is 1. The van der Waals surface area contributed by atoms with Gasteiger partial charge in [-0.2, -0.15) is 0 Å². The average molecular weight is 254 g/mol. The molecule has 1 atom stereocenters. The molecule has 100 valence electrons. The van der Waals surface area contributed by atoms with Crippen molar-refractivity contribution in [1.29, 1.82) is 0 Å². The third-order valence-electron chi connectivity index (χ3n) is 2.50. The van der Waals surface area contributed by atoms with Crippen LogP contribution in [0.25, 0.3) is 0 Å². The third kappa shape index (κ3) is 4.33. The summed E-state index contributed by atoms with van der Waals surface area (Å²) in [7, 11) is 0. The molecular formula is C13H19FN2O2. The van der Waals surface area contributed by atoms with Gasteiger partial charge in [0.25, 0.3) is 5.91 Å². The highest BCUT2D eigenvalue weighted by molar-refractivity contribution is 5.94. The fourth-order valence-corrected chi connectivity index (χ4v) is 1.35. The van der Waals surface area contributed by atoms with Crippen LogP contribution in [0.2, 0.25) is 0 Å². The zero-order chi connectivity index (χ0) is 13.5. The first-order valence-electron chi connectivity index (χ1n) is 6.02. The molecule has 0 aliphatic carbocycles. The van der Waals surface area contributed by atoms with Gasteiger partial charge in [-0.05, 0) is 31.5 Å². The second-order valence-electron chi connectivity index (χ2n) is 4.09. The standard InChI is InChI=1S/C13H19FN2O2/c1-3-4-7-18-9(2)13(17)16-10-5-6-11(14)12(15)8-10/h5-6,8-9H,3-4,7,15H2,1-2H3,(H,16,17). The minimum atomic E-state index is -0.539. The normalized spacial score (nSPS) is 12.2. The van der Waals surface area contributed by atoms with Gasteiger partial charge in [-0.1, -0.05) is 13.3 Å². The van der Waals surface area contributed by atoms with Crippen LogP contribution in [0, 0.1) is 5.82 Å². The molecule has 0 heterocycles. The molecule has 0 radical (unpaired) electrons. The van der Waals surface area contributed by atoms with Crippen molar-refractivity contribution in [2.24, 2.45) is 0 Å². The van der Waals surface area contributed by atoms with Gasteiger partial charge < -0.3 is 15.8 Å². The van der Waals surface area contributed by atoms with E-state index in [0.29, 0.717) is 12.3 Å². The van der Waals surface area contributed by atoms with Gasteiger partial charge in [0, 0.05) is 12.3 Å². The Morgan fingerprint density at radius 2 is 2.28 bits per heavy atom. The van der Waals surface area contributed by atoms with Crippen LogP contribution in [-0.4, -0.2) is 18.6 Å². The van der Waals surface area contributed by atoms with E-state index >= 15 is 0 Å². The monoisotopic (exact) mass is 254 g/mol. The van der Waals surface area contributed by atoms with E-state index in [1.54, 1.807) is 6.92 Å². The number of carbonyl (C=O) groups excluding carboxylic acids is 1. The maximum absolute atomic E-state index is 12.9. The van der Waals surface area contributed by atoms with Gasteiger partial charge in [0.1, 0.15) is 11.9 Å². The Hall–Kier alpha value is -1.62. The quantitative estimate of drug-likeness (QED) is 0.605. The van der Waals surface area contributed by atoms with Gasteiger partial charge in [0.05, 0.1) is 5.69 Å². The van der Waals surface area contributed by atoms with Crippen LogP contribution in [-0.2, 0) is 9.53 Å². The number of hydrogen-bond donors (Lipinski definition) is 2. The molecule has 1 aromatic rings. The second kappa shape index (κ2) is 6.96. The minimum absolute atomic E-state index is 0.00681. The van der Waals surface area contributed by atoms with Crippen molar-refractivity contribution in [3.05, 3.63) is 24.0 Å². The molecule has 0 saturated carbocycles. The van der Waals surface area contributed by atoms with Crippen LogP contribution in [0.15, 0.2) is 18.2 Å². The number of nitrogens with one attached hydrogen (secondary N) is 1. The van der Waals surface area contributed by atoms with Crippen molar-refractivity contribution >= 4 is 17.3 Å². The van der Waals surface area contributed by atoms with E-state index in [9.17, 15) is 9.18 Å². The molecule has 0 fully saturated rings. The lowest BCUT2D eigenvalue weighted by Crippen LogP contribution is -2.28. The summed E-state index contributed by atoms with van der Waals surface area (Å²) in [6, 6.07) is 4.06. The molecule has 4 nitrogen and oxygen atoms in total. The number of nitrogens with two attached hydrogens (primary N) is 1. The zero-order valence-electron chi connectivity index (χ0n) is 10.7. The Kier molecular flexibility index (Phi) is 5.58. The van der Waals surface area contributed by atoms with Gasteiger partial charge in [-0.15, -0.1) is 0 Å². The lowest BCUT2D eigenvalue weighted by molar-refractivity contribution is -0.126. The summed E-state index contributed by atoms with van der Waals surface area (Å²) >= 11 is 0. The van der Waals surface area contributed by atoms with Gasteiger partial charge >= 0.3 is 0 Å². The summed E-state index contributed by atoms with van der Waals surface area (Å²) in [5.41, 5.74) is 5.88. The maximum atomic E-state index is 12.9. The van der Waals surface area contributed by atoms with Crippen LogP contribution < -0.4 is 11.1 Å². The molecule has 0 aromatic heterocycles. The van der Waals surface area contributed by atoms with Crippen LogP contribution >= 0.6 is 0 Å². The van der Waals surface area contributed by atoms with Crippen molar-refractivity contribution in [2.75, 3.05) is 17.7 Å².